The lowest BCUT2D eigenvalue weighted by molar-refractivity contribution is -0.120. The van der Waals surface area contributed by atoms with Gasteiger partial charge >= 0.3 is 0 Å². The van der Waals surface area contributed by atoms with Crippen LogP contribution in [-0.2, 0) is 4.79 Å². The van der Waals surface area contributed by atoms with Crippen molar-refractivity contribution in [1.29, 1.82) is 5.26 Å². The zero-order chi connectivity index (χ0) is 16.3. The molecule has 3 rings (SSSR count). The SMILES string of the molecule is C[C@](C#N)(NC(=O)CNc1ccccc1-n1cccn1)C1CC1. The Morgan fingerprint density at radius 2 is 2.22 bits per heavy atom. The number of anilines is 1. The highest BCUT2D eigenvalue weighted by molar-refractivity contribution is 5.82. The molecule has 6 nitrogen and oxygen atoms in total. The molecule has 0 radical (unpaired) electrons. The fourth-order valence-corrected chi connectivity index (χ4v) is 2.63. The van der Waals surface area contributed by atoms with Crippen LogP contribution in [0.3, 0.4) is 0 Å². The van der Waals surface area contributed by atoms with Crippen molar-refractivity contribution in [1.82, 2.24) is 15.1 Å². The minimum Gasteiger partial charge on any atom is -0.374 e. The van der Waals surface area contributed by atoms with Crippen molar-refractivity contribution >= 4 is 11.6 Å². The molecule has 0 bridgehead atoms. The van der Waals surface area contributed by atoms with Crippen LogP contribution in [0.15, 0.2) is 42.7 Å². The Kier molecular flexibility index (Phi) is 4.02. The monoisotopic (exact) mass is 309 g/mol. The number of amides is 1. The van der Waals surface area contributed by atoms with Gasteiger partial charge in [-0.3, -0.25) is 4.79 Å². The second-order valence-electron chi connectivity index (χ2n) is 5.96. The lowest BCUT2D eigenvalue weighted by atomic mass is 9.98. The Bertz CT molecular complexity index is 730. The molecule has 1 atom stereocenters. The molecule has 23 heavy (non-hydrogen) atoms. The Morgan fingerprint density at radius 3 is 2.87 bits per heavy atom. The van der Waals surface area contributed by atoms with E-state index in [1.807, 2.05) is 36.5 Å². The van der Waals surface area contributed by atoms with Crippen molar-refractivity contribution in [2.24, 2.45) is 5.92 Å². The van der Waals surface area contributed by atoms with Crippen molar-refractivity contribution < 1.29 is 4.79 Å². The second-order valence-corrected chi connectivity index (χ2v) is 5.96. The Morgan fingerprint density at radius 1 is 1.43 bits per heavy atom. The van der Waals surface area contributed by atoms with Gasteiger partial charge in [0.05, 0.1) is 24.0 Å². The molecular weight excluding hydrogens is 290 g/mol. The molecule has 1 aromatic carbocycles. The smallest absolute Gasteiger partial charge is 0.240 e. The van der Waals surface area contributed by atoms with Crippen LogP contribution < -0.4 is 10.6 Å². The van der Waals surface area contributed by atoms with Gasteiger partial charge in [-0.05, 0) is 43.9 Å². The molecular formula is C17H19N5O. The third kappa shape index (κ3) is 3.34. The van der Waals surface area contributed by atoms with Crippen LogP contribution >= 0.6 is 0 Å². The molecule has 1 amide bonds. The van der Waals surface area contributed by atoms with Gasteiger partial charge in [-0.25, -0.2) is 4.68 Å². The van der Waals surface area contributed by atoms with Crippen LogP contribution in [0.25, 0.3) is 5.69 Å². The van der Waals surface area contributed by atoms with Crippen molar-refractivity contribution in [2.45, 2.75) is 25.3 Å². The van der Waals surface area contributed by atoms with E-state index in [9.17, 15) is 10.1 Å². The predicted octanol–water partition coefficient (Wildman–Crippen LogP) is 2.09. The van der Waals surface area contributed by atoms with Crippen molar-refractivity contribution in [3.05, 3.63) is 42.7 Å². The Labute approximate surface area is 135 Å². The van der Waals surface area contributed by atoms with Gasteiger partial charge < -0.3 is 10.6 Å². The number of aromatic nitrogens is 2. The summed E-state index contributed by atoms with van der Waals surface area (Å²) in [5.74, 6) is 0.0871. The molecule has 2 N–H and O–H groups in total. The number of nitrogens with zero attached hydrogens (tertiary/aromatic N) is 3. The average Bonchev–Trinajstić information content (AvgIpc) is 3.29. The first-order valence-electron chi connectivity index (χ1n) is 7.67. The Balaban J connectivity index is 1.65. The van der Waals surface area contributed by atoms with Crippen LogP contribution in [0.4, 0.5) is 5.69 Å². The van der Waals surface area contributed by atoms with Crippen LogP contribution in [0.2, 0.25) is 0 Å². The topological polar surface area (TPSA) is 82.7 Å². The van der Waals surface area contributed by atoms with E-state index in [4.69, 9.17) is 0 Å². The van der Waals surface area contributed by atoms with E-state index >= 15 is 0 Å². The standard InChI is InChI=1S/C17H19N5O/c1-17(12-18,13-7-8-13)21-16(23)11-19-14-5-2-3-6-15(14)22-10-4-9-20-22/h2-6,9-10,13,19H,7-8,11H2,1H3,(H,21,23)/t17-/m1/s1. The number of nitrogens with one attached hydrogen (secondary N) is 2. The molecule has 0 saturated heterocycles. The Hall–Kier alpha value is -2.81. The molecule has 6 heteroatoms. The maximum atomic E-state index is 12.2. The molecule has 2 aromatic rings. The van der Waals surface area contributed by atoms with Gasteiger partial charge in [0, 0.05) is 12.4 Å². The highest BCUT2D eigenvalue weighted by atomic mass is 16.2. The third-order valence-electron chi connectivity index (χ3n) is 4.12. The van der Waals surface area contributed by atoms with Crippen LogP contribution in [0, 0.1) is 17.2 Å². The summed E-state index contributed by atoms with van der Waals surface area (Å²) in [4.78, 5) is 12.2. The minimum atomic E-state index is -0.764. The van der Waals surface area contributed by atoms with E-state index in [-0.39, 0.29) is 18.4 Å². The lowest BCUT2D eigenvalue weighted by Gasteiger charge is -2.23. The number of hydrogen-bond donors (Lipinski definition) is 2. The fourth-order valence-electron chi connectivity index (χ4n) is 2.63. The normalized spacial score (nSPS) is 16.2. The number of carbonyl (C=O) groups is 1. The zero-order valence-corrected chi connectivity index (χ0v) is 13.0. The predicted molar refractivity (Wildman–Crippen MR) is 86.9 cm³/mol. The van der Waals surface area contributed by atoms with Gasteiger partial charge in [0.15, 0.2) is 0 Å². The summed E-state index contributed by atoms with van der Waals surface area (Å²) >= 11 is 0. The number of rotatable bonds is 6. The molecule has 0 aliphatic heterocycles. The number of hydrogen-bond acceptors (Lipinski definition) is 4. The molecule has 1 aromatic heterocycles. The van der Waals surface area contributed by atoms with Gasteiger partial charge in [-0.2, -0.15) is 10.4 Å². The largest absolute Gasteiger partial charge is 0.374 e. The summed E-state index contributed by atoms with van der Waals surface area (Å²) < 4.78 is 1.74. The summed E-state index contributed by atoms with van der Waals surface area (Å²) in [6.45, 7) is 1.91. The summed E-state index contributed by atoms with van der Waals surface area (Å²) in [5.41, 5.74) is 0.923. The van der Waals surface area contributed by atoms with Gasteiger partial charge in [-0.15, -0.1) is 0 Å². The van der Waals surface area contributed by atoms with E-state index in [1.54, 1.807) is 17.8 Å². The highest BCUT2D eigenvalue weighted by Gasteiger charge is 2.42. The third-order valence-corrected chi connectivity index (χ3v) is 4.12. The van der Waals surface area contributed by atoms with Crippen molar-refractivity contribution in [3.63, 3.8) is 0 Å². The van der Waals surface area contributed by atoms with E-state index in [1.165, 1.54) is 0 Å². The first-order chi connectivity index (χ1) is 11.1. The molecule has 0 spiro atoms. The van der Waals surface area contributed by atoms with E-state index < -0.39 is 5.54 Å². The minimum absolute atomic E-state index is 0.113. The lowest BCUT2D eigenvalue weighted by Crippen LogP contribution is -2.48. The van der Waals surface area contributed by atoms with Gasteiger partial charge in [0.2, 0.25) is 5.91 Å². The van der Waals surface area contributed by atoms with E-state index in [0.717, 1.165) is 24.2 Å². The number of nitriles is 1. The summed E-state index contributed by atoms with van der Waals surface area (Å²) in [7, 11) is 0. The fraction of sp³-hybridized carbons (Fsp3) is 0.353. The van der Waals surface area contributed by atoms with Crippen LogP contribution in [-0.4, -0.2) is 27.8 Å². The number of benzene rings is 1. The molecule has 118 valence electrons. The van der Waals surface area contributed by atoms with Crippen LogP contribution in [0.1, 0.15) is 19.8 Å². The van der Waals surface area contributed by atoms with Crippen LogP contribution in [0.5, 0.6) is 0 Å². The van der Waals surface area contributed by atoms with Crippen molar-refractivity contribution in [3.8, 4) is 11.8 Å². The zero-order valence-electron chi connectivity index (χ0n) is 13.0. The molecule has 1 aliphatic carbocycles. The number of carbonyl (C=O) groups excluding carboxylic acids is 1. The first-order valence-corrected chi connectivity index (χ1v) is 7.67. The molecule has 1 fully saturated rings. The summed E-state index contributed by atoms with van der Waals surface area (Å²) in [5, 5.41) is 19.5. The second kappa shape index (κ2) is 6.13. The quantitative estimate of drug-likeness (QED) is 0.856. The van der Waals surface area contributed by atoms with E-state index in [2.05, 4.69) is 21.8 Å². The average molecular weight is 309 g/mol. The molecule has 1 heterocycles. The van der Waals surface area contributed by atoms with Gasteiger partial charge in [-0.1, -0.05) is 12.1 Å². The molecule has 1 aliphatic rings. The van der Waals surface area contributed by atoms with E-state index in [0.29, 0.717) is 0 Å². The molecule has 0 unspecified atom stereocenters. The van der Waals surface area contributed by atoms with Crippen molar-refractivity contribution in [2.75, 3.05) is 11.9 Å². The van der Waals surface area contributed by atoms with Gasteiger partial charge in [0.1, 0.15) is 5.54 Å². The highest BCUT2D eigenvalue weighted by Crippen LogP contribution is 2.39. The number of para-hydroxylation sites is 2. The maximum absolute atomic E-state index is 12.2. The molecule has 1 saturated carbocycles. The maximum Gasteiger partial charge on any atom is 0.240 e. The van der Waals surface area contributed by atoms with Gasteiger partial charge in [0.25, 0.3) is 0 Å². The first kappa shape index (κ1) is 15.1. The summed E-state index contributed by atoms with van der Waals surface area (Å²) in [6, 6.07) is 11.7. The summed E-state index contributed by atoms with van der Waals surface area (Å²) in [6.07, 6.45) is 5.55.